The monoisotopic (exact) mass is 312 g/mol. The van der Waals surface area contributed by atoms with Gasteiger partial charge in [0.25, 0.3) is 0 Å². The second kappa shape index (κ2) is 5.71. The Labute approximate surface area is 115 Å². The second-order valence-corrected chi connectivity index (χ2v) is 5.30. The van der Waals surface area contributed by atoms with Crippen LogP contribution in [-0.4, -0.2) is 36.8 Å². The second-order valence-electron chi connectivity index (χ2n) is 4.45. The Bertz CT molecular complexity index is 451. The summed E-state index contributed by atoms with van der Waals surface area (Å²) < 4.78 is 1.04. The van der Waals surface area contributed by atoms with E-state index in [0.29, 0.717) is 13.0 Å². The molecule has 2 rings (SSSR count). The summed E-state index contributed by atoms with van der Waals surface area (Å²) in [6.07, 6.45) is 0.456. The van der Waals surface area contributed by atoms with E-state index in [1.54, 1.807) is 0 Å². The third-order valence-electron chi connectivity index (χ3n) is 3.22. The molecule has 4 nitrogen and oxygen atoms in total. The van der Waals surface area contributed by atoms with Crippen LogP contribution in [0.4, 0.5) is 5.69 Å². The number of aryl methyl sites for hydroxylation is 1. The maximum Gasteiger partial charge on any atom is 0.242 e. The number of aliphatic hydroxyl groups excluding tert-OH is 1. The first kappa shape index (κ1) is 13.4. The fourth-order valence-electron chi connectivity index (χ4n) is 2.19. The molecule has 0 aromatic heterocycles. The third kappa shape index (κ3) is 2.67. The number of amides is 1. The number of carbonyl (C=O) groups is 1. The number of aliphatic hydroxyl groups is 1. The topological polar surface area (TPSA) is 52.6 Å². The molecule has 1 aromatic rings. The lowest BCUT2D eigenvalue weighted by molar-refractivity contribution is -0.123. The van der Waals surface area contributed by atoms with Gasteiger partial charge >= 0.3 is 0 Å². The molecule has 1 aromatic carbocycles. The standard InChI is InChI=1S/C13H17BrN2O2/c1-9-2-3-10(8-11(9)14)16-6-5-15-13(18)12(16)4-7-17/h2-3,8,12,17H,4-7H2,1H3,(H,15,18). The third-order valence-corrected chi connectivity index (χ3v) is 4.07. The number of nitrogens with one attached hydrogen (secondary N) is 1. The summed E-state index contributed by atoms with van der Waals surface area (Å²) in [7, 11) is 0. The molecule has 2 N–H and O–H groups in total. The molecule has 1 aliphatic heterocycles. The minimum atomic E-state index is -0.279. The van der Waals surface area contributed by atoms with E-state index in [1.807, 2.05) is 25.1 Å². The summed E-state index contributed by atoms with van der Waals surface area (Å²) >= 11 is 3.51. The van der Waals surface area contributed by atoms with E-state index < -0.39 is 0 Å². The largest absolute Gasteiger partial charge is 0.396 e. The Morgan fingerprint density at radius 3 is 3.00 bits per heavy atom. The van der Waals surface area contributed by atoms with Crippen molar-refractivity contribution >= 4 is 27.5 Å². The molecule has 18 heavy (non-hydrogen) atoms. The van der Waals surface area contributed by atoms with E-state index in [2.05, 4.69) is 26.1 Å². The van der Waals surface area contributed by atoms with E-state index >= 15 is 0 Å². The highest BCUT2D eigenvalue weighted by Gasteiger charge is 2.29. The first-order valence-corrected chi connectivity index (χ1v) is 6.84. The Morgan fingerprint density at radius 1 is 1.56 bits per heavy atom. The predicted molar refractivity (Wildman–Crippen MR) is 74.7 cm³/mol. The summed E-state index contributed by atoms with van der Waals surface area (Å²) in [6.45, 7) is 3.46. The molecule has 0 aliphatic carbocycles. The average molecular weight is 313 g/mol. The van der Waals surface area contributed by atoms with Crippen molar-refractivity contribution in [1.29, 1.82) is 0 Å². The summed E-state index contributed by atoms with van der Waals surface area (Å²) in [4.78, 5) is 13.9. The van der Waals surface area contributed by atoms with Gasteiger partial charge in [-0.05, 0) is 31.0 Å². The Morgan fingerprint density at radius 2 is 2.33 bits per heavy atom. The van der Waals surface area contributed by atoms with Crippen molar-refractivity contribution in [2.45, 2.75) is 19.4 Å². The highest BCUT2D eigenvalue weighted by atomic mass is 79.9. The maximum atomic E-state index is 11.8. The number of rotatable bonds is 3. The van der Waals surface area contributed by atoms with Crippen LogP contribution >= 0.6 is 15.9 Å². The van der Waals surface area contributed by atoms with Crippen LogP contribution in [0.1, 0.15) is 12.0 Å². The minimum Gasteiger partial charge on any atom is -0.396 e. The van der Waals surface area contributed by atoms with E-state index in [1.165, 1.54) is 5.56 Å². The number of halogens is 1. The lowest BCUT2D eigenvalue weighted by atomic mass is 10.1. The van der Waals surface area contributed by atoms with E-state index in [4.69, 9.17) is 5.11 Å². The van der Waals surface area contributed by atoms with Crippen LogP contribution in [0.15, 0.2) is 22.7 Å². The zero-order chi connectivity index (χ0) is 13.1. The molecule has 1 amide bonds. The summed E-state index contributed by atoms with van der Waals surface area (Å²) in [6, 6.07) is 5.79. The fourth-order valence-corrected chi connectivity index (χ4v) is 2.56. The van der Waals surface area contributed by atoms with Crippen molar-refractivity contribution in [1.82, 2.24) is 5.32 Å². The lowest BCUT2D eigenvalue weighted by Gasteiger charge is -2.36. The number of hydrogen-bond donors (Lipinski definition) is 2. The molecule has 1 unspecified atom stereocenters. The lowest BCUT2D eigenvalue weighted by Crippen LogP contribution is -2.55. The van der Waals surface area contributed by atoms with Crippen LogP contribution in [0.2, 0.25) is 0 Å². The van der Waals surface area contributed by atoms with Crippen molar-refractivity contribution in [2.75, 3.05) is 24.6 Å². The van der Waals surface area contributed by atoms with Gasteiger partial charge in [0.1, 0.15) is 6.04 Å². The summed E-state index contributed by atoms with van der Waals surface area (Å²) in [5.74, 6) is -0.00741. The normalized spacial score (nSPS) is 19.8. The highest BCUT2D eigenvalue weighted by molar-refractivity contribution is 9.10. The molecule has 0 spiro atoms. The molecule has 1 aliphatic rings. The quantitative estimate of drug-likeness (QED) is 0.888. The molecule has 1 fully saturated rings. The molecule has 1 saturated heterocycles. The van der Waals surface area contributed by atoms with Crippen LogP contribution in [0.3, 0.4) is 0 Å². The van der Waals surface area contributed by atoms with Gasteiger partial charge in [-0.3, -0.25) is 4.79 Å². The predicted octanol–water partition coefficient (Wildman–Crippen LogP) is 1.44. The molecular formula is C13H17BrN2O2. The van der Waals surface area contributed by atoms with Crippen LogP contribution in [0, 0.1) is 6.92 Å². The van der Waals surface area contributed by atoms with Crippen LogP contribution in [0.5, 0.6) is 0 Å². The number of carbonyl (C=O) groups excluding carboxylic acids is 1. The van der Waals surface area contributed by atoms with Gasteiger partial charge in [-0.2, -0.15) is 0 Å². The minimum absolute atomic E-state index is 0.00741. The van der Waals surface area contributed by atoms with Gasteiger partial charge in [0.15, 0.2) is 0 Å². The van der Waals surface area contributed by atoms with Crippen LogP contribution in [-0.2, 0) is 4.79 Å². The maximum absolute atomic E-state index is 11.8. The van der Waals surface area contributed by atoms with Gasteiger partial charge in [0.2, 0.25) is 5.91 Å². The molecular weight excluding hydrogens is 296 g/mol. The Balaban J connectivity index is 2.28. The van der Waals surface area contributed by atoms with E-state index in [-0.39, 0.29) is 18.6 Å². The highest BCUT2D eigenvalue weighted by Crippen LogP contribution is 2.26. The number of piperazine rings is 1. The van der Waals surface area contributed by atoms with Gasteiger partial charge < -0.3 is 15.3 Å². The van der Waals surface area contributed by atoms with Crippen molar-refractivity contribution < 1.29 is 9.90 Å². The van der Waals surface area contributed by atoms with Crippen molar-refractivity contribution in [3.8, 4) is 0 Å². The van der Waals surface area contributed by atoms with Crippen molar-refractivity contribution in [2.24, 2.45) is 0 Å². The molecule has 0 radical (unpaired) electrons. The first-order valence-electron chi connectivity index (χ1n) is 6.05. The molecule has 98 valence electrons. The van der Waals surface area contributed by atoms with Gasteiger partial charge in [0, 0.05) is 29.9 Å². The summed E-state index contributed by atoms with van der Waals surface area (Å²) in [5.41, 5.74) is 2.18. The van der Waals surface area contributed by atoms with Crippen LogP contribution < -0.4 is 10.2 Å². The van der Waals surface area contributed by atoms with Gasteiger partial charge in [-0.1, -0.05) is 22.0 Å². The molecule has 5 heteroatoms. The average Bonchev–Trinajstić information content (AvgIpc) is 2.35. The summed E-state index contributed by atoms with van der Waals surface area (Å²) in [5, 5.41) is 11.9. The first-order chi connectivity index (χ1) is 8.63. The SMILES string of the molecule is Cc1ccc(N2CCNC(=O)C2CCO)cc1Br. The zero-order valence-corrected chi connectivity index (χ0v) is 11.9. The molecule has 1 atom stereocenters. The van der Waals surface area contributed by atoms with Crippen molar-refractivity contribution in [3.05, 3.63) is 28.2 Å². The number of benzene rings is 1. The number of hydrogen-bond acceptors (Lipinski definition) is 3. The van der Waals surface area contributed by atoms with E-state index in [9.17, 15) is 4.79 Å². The number of anilines is 1. The van der Waals surface area contributed by atoms with Gasteiger partial charge in [0.05, 0.1) is 0 Å². The zero-order valence-electron chi connectivity index (χ0n) is 10.3. The number of nitrogens with zero attached hydrogens (tertiary/aromatic N) is 1. The van der Waals surface area contributed by atoms with Gasteiger partial charge in [-0.25, -0.2) is 0 Å². The Hall–Kier alpha value is -1.07. The molecule has 0 bridgehead atoms. The van der Waals surface area contributed by atoms with Crippen LogP contribution in [0.25, 0.3) is 0 Å². The van der Waals surface area contributed by atoms with Gasteiger partial charge in [-0.15, -0.1) is 0 Å². The smallest absolute Gasteiger partial charge is 0.242 e. The fraction of sp³-hybridized carbons (Fsp3) is 0.462. The molecule has 0 saturated carbocycles. The molecule has 1 heterocycles. The van der Waals surface area contributed by atoms with Crippen molar-refractivity contribution in [3.63, 3.8) is 0 Å². The Kier molecular flexibility index (Phi) is 4.24. The van der Waals surface area contributed by atoms with E-state index in [0.717, 1.165) is 16.7 Å².